The zero-order valence-corrected chi connectivity index (χ0v) is 13.0. The van der Waals surface area contributed by atoms with Crippen LogP contribution in [0.25, 0.3) is 0 Å². The van der Waals surface area contributed by atoms with Crippen LogP contribution in [-0.4, -0.2) is 31.1 Å². The summed E-state index contributed by atoms with van der Waals surface area (Å²) < 4.78 is 0. The molecule has 0 bridgehead atoms. The Bertz CT molecular complexity index is 423. The molecule has 19 heavy (non-hydrogen) atoms. The fraction of sp³-hybridized carbons (Fsp3) is 0.647. The van der Waals surface area contributed by atoms with Crippen LogP contribution in [0.3, 0.4) is 0 Å². The lowest BCUT2D eigenvalue weighted by Gasteiger charge is -2.30. The molecule has 2 rings (SSSR count). The molecule has 0 amide bonds. The van der Waals surface area contributed by atoms with Gasteiger partial charge in [-0.05, 0) is 43.9 Å². The third-order valence-electron chi connectivity index (χ3n) is 4.49. The maximum Gasteiger partial charge on any atom is 0.0378 e. The van der Waals surface area contributed by atoms with Gasteiger partial charge in [-0.15, -0.1) is 0 Å². The molecule has 2 nitrogen and oxygen atoms in total. The molecule has 1 aromatic carbocycles. The molecule has 0 saturated carbocycles. The first-order chi connectivity index (χ1) is 8.92. The Balaban J connectivity index is 1.99. The molecule has 0 aliphatic heterocycles. The molecule has 1 aromatic rings. The van der Waals surface area contributed by atoms with Gasteiger partial charge in [-0.3, -0.25) is 0 Å². The molecule has 0 saturated heterocycles. The van der Waals surface area contributed by atoms with Crippen LogP contribution in [0, 0.1) is 5.41 Å². The van der Waals surface area contributed by atoms with Crippen LogP contribution >= 0.6 is 0 Å². The second kappa shape index (κ2) is 5.64. The minimum atomic E-state index is 0.320. The van der Waals surface area contributed by atoms with Crippen molar-refractivity contribution in [1.82, 2.24) is 10.2 Å². The van der Waals surface area contributed by atoms with Gasteiger partial charge in [-0.2, -0.15) is 0 Å². The molecular weight excluding hydrogens is 232 g/mol. The summed E-state index contributed by atoms with van der Waals surface area (Å²) in [5, 5.41) is 3.77. The van der Waals surface area contributed by atoms with E-state index >= 15 is 0 Å². The molecule has 1 N–H and O–H groups in total. The number of likely N-dealkylation sites (N-methyl/N-ethyl adjacent to an activating group) is 1. The van der Waals surface area contributed by atoms with Gasteiger partial charge in [-0.25, -0.2) is 0 Å². The second-order valence-corrected chi connectivity index (χ2v) is 6.83. The molecule has 0 spiro atoms. The minimum absolute atomic E-state index is 0.320. The summed E-state index contributed by atoms with van der Waals surface area (Å²) in [5.41, 5.74) is 3.34. The Hall–Kier alpha value is -0.860. The maximum atomic E-state index is 3.77. The minimum Gasteiger partial charge on any atom is -0.308 e. The zero-order chi connectivity index (χ0) is 14.0. The molecular formula is C17H28N2. The fourth-order valence-electron chi connectivity index (χ4n) is 3.02. The number of benzene rings is 1. The Morgan fingerprint density at radius 1 is 1.32 bits per heavy atom. The monoisotopic (exact) mass is 260 g/mol. The Morgan fingerprint density at radius 2 is 2.00 bits per heavy atom. The highest BCUT2D eigenvalue weighted by Gasteiger charge is 2.38. The molecule has 0 fully saturated rings. The highest BCUT2D eigenvalue weighted by atomic mass is 15.1. The van der Waals surface area contributed by atoms with Crippen LogP contribution in [0.2, 0.25) is 0 Å². The number of rotatable bonds is 5. The van der Waals surface area contributed by atoms with E-state index in [-0.39, 0.29) is 0 Å². The molecule has 1 unspecified atom stereocenters. The van der Waals surface area contributed by atoms with E-state index in [2.05, 4.69) is 69.2 Å². The van der Waals surface area contributed by atoms with Crippen molar-refractivity contribution in [1.29, 1.82) is 0 Å². The van der Waals surface area contributed by atoms with Crippen molar-refractivity contribution in [3.05, 3.63) is 35.4 Å². The lowest BCUT2D eigenvalue weighted by atomic mass is 9.85. The fourth-order valence-corrected chi connectivity index (χ4v) is 3.02. The summed E-state index contributed by atoms with van der Waals surface area (Å²) in [6.45, 7) is 11.4. The average molecular weight is 260 g/mol. The van der Waals surface area contributed by atoms with Crippen molar-refractivity contribution in [3.63, 3.8) is 0 Å². The smallest absolute Gasteiger partial charge is 0.0378 e. The number of nitrogens with zero attached hydrogens (tertiary/aromatic N) is 1. The van der Waals surface area contributed by atoms with Gasteiger partial charge in [0.15, 0.2) is 0 Å². The van der Waals surface area contributed by atoms with E-state index in [9.17, 15) is 0 Å². The standard InChI is InChI=1S/C17H28N2/c1-13(2)19(5)11-10-18-16-15-9-7-6-8-14(15)12-17(16,3)4/h6-9,13,16,18H,10-12H2,1-5H3. The first-order valence-electron chi connectivity index (χ1n) is 7.43. The van der Waals surface area contributed by atoms with E-state index < -0.39 is 0 Å². The third kappa shape index (κ3) is 3.18. The third-order valence-corrected chi connectivity index (χ3v) is 4.49. The maximum absolute atomic E-state index is 3.77. The second-order valence-electron chi connectivity index (χ2n) is 6.83. The Kier molecular flexibility index (Phi) is 4.32. The van der Waals surface area contributed by atoms with E-state index in [1.54, 1.807) is 0 Å². The van der Waals surface area contributed by atoms with Gasteiger partial charge in [0.05, 0.1) is 0 Å². The van der Waals surface area contributed by atoms with Crippen molar-refractivity contribution < 1.29 is 0 Å². The summed E-state index contributed by atoms with van der Waals surface area (Å²) in [7, 11) is 2.19. The summed E-state index contributed by atoms with van der Waals surface area (Å²) in [6.07, 6.45) is 1.18. The van der Waals surface area contributed by atoms with Gasteiger partial charge < -0.3 is 10.2 Å². The lowest BCUT2D eigenvalue weighted by Crippen LogP contribution is -2.38. The van der Waals surface area contributed by atoms with E-state index in [0.717, 1.165) is 13.1 Å². The number of hydrogen-bond donors (Lipinski definition) is 1. The van der Waals surface area contributed by atoms with E-state index in [1.165, 1.54) is 17.5 Å². The van der Waals surface area contributed by atoms with E-state index in [1.807, 2.05) is 0 Å². The molecule has 1 aliphatic carbocycles. The van der Waals surface area contributed by atoms with Crippen molar-refractivity contribution in [3.8, 4) is 0 Å². The van der Waals surface area contributed by atoms with Gasteiger partial charge in [0, 0.05) is 25.2 Å². The summed E-state index contributed by atoms with van der Waals surface area (Å²) in [5.74, 6) is 0. The zero-order valence-electron chi connectivity index (χ0n) is 13.0. The van der Waals surface area contributed by atoms with Crippen LogP contribution in [0.15, 0.2) is 24.3 Å². The SMILES string of the molecule is CC(C)N(C)CCNC1c2ccccc2CC1(C)C. The molecule has 1 atom stereocenters. The quantitative estimate of drug-likeness (QED) is 0.874. The van der Waals surface area contributed by atoms with Crippen LogP contribution in [0.1, 0.15) is 44.9 Å². The number of hydrogen-bond acceptors (Lipinski definition) is 2. The van der Waals surface area contributed by atoms with Gasteiger partial charge in [0.1, 0.15) is 0 Å². The van der Waals surface area contributed by atoms with Crippen LogP contribution in [-0.2, 0) is 6.42 Å². The normalized spacial score (nSPS) is 21.1. The summed E-state index contributed by atoms with van der Waals surface area (Å²) in [4.78, 5) is 2.39. The first kappa shape index (κ1) is 14.5. The number of nitrogens with one attached hydrogen (secondary N) is 1. The summed E-state index contributed by atoms with van der Waals surface area (Å²) >= 11 is 0. The van der Waals surface area contributed by atoms with E-state index in [0.29, 0.717) is 17.5 Å². The Morgan fingerprint density at radius 3 is 2.68 bits per heavy atom. The predicted octanol–water partition coefficient (Wildman–Crippen LogP) is 3.24. The highest BCUT2D eigenvalue weighted by Crippen LogP contribution is 2.44. The van der Waals surface area contributed by atoms with Crippen LogP contribution in [0.4, 0.5) is 0 Å². The molecule has 106 valence electrons. The summed E-state index contributed by atoms with van der Waals surface area (Å²) in [6, 6.07) is 9.99. The molecule has 0 heterocycles. The van der Waals surface area contributed by atoms with Crippen molar-refractivity contribution >= 4 is 0 Å². The van der Waals surface area contributed by atoms with Gasteiger partial charge in [0.2, 0.25) is 0 Å². The molecule has 1 aliphatic rings. The van der Waals surface area contributed by atoms with Crippen LogP contribution in [0.5, 0.6) is 0 Å². The predicted molar refractivity (Wildman–Crippen MR) is 82.4 cm³/mol. The first-order valence-corrected chi connectivity index (χ1v) is 7.43. The number of fused-ring (bicyclic) bond motifs is 1. The average Bonchev–Trinajstić information content (AvgIpc) is 2.60. The van der Waals surface area contributed by atoms with Gasteiger partial charge in [0.25, 0.3) is 0 Å². The van der Waals surface area contributed by atoms with Crippen molar-refractivity contribution in [2.24, 2.45) is 5.41 Å². The molecule has 0 radical (unpaired) electrons. The Labute approximate surface area is 118 Å². The topological polar surface area (TPSA) is 15.3 Å². The molecule has 0 aromatic heterocycles. The molecule has 2 heteroatoms. The van der Waals surface area contributed by atoms with Gasteiger partial charge in [-0.1, -0.05) is 38.1 Å². The lowest BCUT2D eigenvalue weighted by molar-refractivity contribution is 0.235. The van der Waals surface area contributed by atoms with Crippen LogP contribution < -0.4 is 5.32 Å². The largest absolute Gasteiger partial charge is 0.308 e. The van der Waals surface area contributed by atoms with Gasteiger partial charge >= 0.3 is 0 Å². The van der Waals surface area contributed by atoms with E-state index in [4.69, 9.17) is 0 Å². The highest BCUT2D eigenvalue weighted by molar-refractivity contribution is 5.37. The van der Waals surface area contributed by atoms with Crippen molar-refractivity contribution in [2.45, 2.75) is 46.2 Å². The van der Waals surface area contributed by atoms with Crippen molar-refractivity contribution in [2.75, 3.05) is 20.1 Å².